The predicted octanol–water partition coefficient (Wildman–Crippen LogP) is 3.64. The molecule has 0 fully saturated rings. The van der Waals surface area contributed by atoms with Gasteiger partial charge in [0, 0.05) is 12.2 Å². The lowest BCUT2D eigenvalue weighted by molar-refractivity contribution is -0.138. The van der Waals surface area contributed by atoms with Crippen LogP contribution in [0, 0.1) is 6.92 Å². The van der Waals surface area contributed by atoms with Gasteiger partial charge in [-0.25, -0.2) is 0 Å². The number of nitrogens with one attached hydrogen (secondary N) is 1. The molecule has 0 aliphatic heterocycles. The van der Waals surface area contributed by atoms with Gasteiger partial charge in [-0.2, -0.15) is 13.2 Å². The molecule has 0 saturated heterocycles. The van der Waals surface area contributed by atoms with Gasteiger partial charge in [-0.05, 0) is 31.0 Å². The second-order valence-electron chi connectivity index (χ2n) is 3.72. The molecule has 4 heteroatoms. The van der Waals surface area contributed by atoms with Crippen LogP contribution in [0.15, 0.2) is 30.5 Å². The Morgan fingerprint density at radius 2 is 2.00 bits per heavy atom. The van der Waals surface area contributed by atoms with Crippen LogP contribution in [0.3, 0.4) is 0 Å². The van der Waals surface area contributed by atoms with E-state index in [1.807, 2.05) is 0 Å². The molecule has 88 valence electrons. The van der Waals surface area contributed by atoms with Crippen LogP contribution in [-0.2, 0) is 12.7 Å². The predicted molar refractivity (Wildman–Crippen MR) is 57.8 cm³/mol. The highest BCUT2D eigenvalue weighted by Crippen LogP contribution is 2.32. The number of halogens is 3. The van der Waals surface area contributed by atoms with Gasteiger partial charge in [-0.1, -0.05) is 18.7 Å². The Hall–Kier alpha value is -1.45. The van der Waals surface area contributed by atoms with Crippen LogP contribution in [0.5, 0.6) is 0 Å². The zero-order valence-electron chi connectivity index (χ0n) is 9.28. The minimum atomic E-state index is -4.29. The Balaban J connectivity index is 3.00. The first-order valence-electron chi connectivity index (χ1n) is 4.87. The Kier molecular flexibility index (Phi) is 3.62. The van der Waals surface area contributed by atoms with Gasteiger partial charge in [-0.15, -0.1) is 0 Å². The normalized spacial score (nSPS) is 11.3. The number of allylic oxidation sites excluding steroid dienone is 1. The van der Waals surface area contributed by atoms with Crippen LogP contribution in [0.4, 0.5) is 13.2 Å². The largest absolute Gasteiger partial charge is 0.416 e. The fourth-order valence-corrected chi connectivity index (χ4v) is 1.43. The maximum atomic E-state index is 12.6. The Morgan fingerprint density at radius 1 is 1.38 bits per heavy atom. The van der Waals surface area contributed by atoms with Crippen molar-refractivity contribution in [2.24, 2.45) is 0 Å². The van der Waals surface area contributed by atoms with Gasteiger partial charge in [0.1, 0.15) is 0 Å². The summed E-state index contributed by atoms with van der Waals surface area (Å²) >= 11 is 0. The first-order valence-corrected chi connectivity index (χ1v) is 4.87. The van der Waals surface area contributed by atoms with Crippen LogP contribution in [0.2, 0.25) is 0 Å². The van der Waals surface area contributed by atoms with Gasteiger partial charge in [-0.3, -0.25) is 0 Å². The molecule has 1 aromatic rings. The second kappa shape index (κ2) is 4.60. The molecule has 0 heterocycles. The summed E-state index contributed by atoms with van der Waals surface area (Å²) in [6, 6.07) is 4.20. The molecule has 0 unspecified atom stereocenters. The highest BCUT2D eigenvalue weighted by Gasteiger charge is 2.32. The van der Waals surface area contributed by atoms with Gasteiger partial charge < -0.3 is 5.32 Å². The molecule has 0 saturated carbocycles. The van der Waals surface area contributed by atoms with Crippen molar-refractivity contribution in [1.82, 2.24) is 5.32 Å². The summed E-state index contributed by atoms with van der Waals surface area (Å²) < 4.78 is 37.8. The van der Waals surface area contributed by atoms with E-state index in [1.165, 1.54) is 13.0 Å². The highest BCUT2D eigenvalue weighted by atomic mass is 19.4. The maximum absolute atomic E-state index is 12.6. The fraction of sp³-hybridized carbons (Fsp3) is 0.333. The van der Waals surface area contributed by atoms with Crippen molar-refractivity contribution in [1.29, 1.82) is 0 Å². The molecular weight excluding hydrogens is 215 g/mol. The zero-order valence-corrected chi connectivity index (χ0v) is 9.28. The summed E-state index contributed by atoms with van der Waals surface area (Å²) in [5.41, 5.74) is 1.06. The summed E-state index contributed by atoms with van der Waals surface area (Å²) in [7, 11) is 0. The van der Waals surface area contributed by atoms with E-state index in [2.05, 4.69) is 11.9 Å². The van der Waals surface area contributed by atoms with E-state index < -0.39 is 11.7 Å². The quantitative estimate of drug-likeness (QED) is 0.834. The highest BCUT2D eigenvalue weighted by molar-refractivity contribution is 5.36. The molecule has 0 radical (unpaired) electrons. The molecule has 0 aromatic heterocycles. The average molecular weight is 229 g/mol. The number of rotatable bonds is 3. The van der Waals surface area contributed by atoms with Gasteiger partial charge >= 0.3 is 6.18 Å². The maximum Gasteiger partial charge on any atom is 0.416 e. The molecule has 0 bridgehead atoms. The molecule has 0 aliphatic carbocycles. The summed E-state index contributed by atoms with van der Waals surface area (Å²) in [6.07, 6.45) is -4.29. The van der Waals surface area contributed by atoms with E-state index in [9.17, 15) is 13.2 Å². The van der Waals surface area contributed by atoms with Crippen molar-refractivity contribution in [2.45, 2.75) is 26.6 Å². The van der Waals surface area contributed by atoms with Crippen molar-refractivity contribution in [2.75, 3.05) is 0 Å². The van der Waals surface area contributed by atoms with E-state index in [0.29, 0.717) is 12.1 Å². The first kappa shape index (κ1) is 12.6. The van der Waals surface area contributed by atoms with Crippen LogP contribution < -0.4 is 5.32 Å². The van der Waals surface area contributed by atoms with E-state index >= 15 is 0 Å². The zero-order chi connectivity index (χ0) is 12.3. The first-order chi connectivity index (χ1) is 7.32. The van der Waals surface area contributed by atoms with Gasteiger partial charge in [0.15, 0.2) is 0 Å². The van der Waals surface area contributed by atoms with E-state index in [0.717, 1.165) is 11.8 Å². The van der Waals surface area contributed by atoms with Crippen LogP contribution in [0.1, 0.15) is 23.6 Å². The Bertz CT molecular complexity index is 394. The third-order valence-corrected chi connectivity index (χ3v) is 2.33. The van der Waals surface area contributed by atoms with Crippen molar-refractivity contribution >= 4 is 0 Å². The van der Waals surface area contributed by atoms with Crippen molar-refractivity contribution in [3.63, 3.8) is 0 Å². The Morgan fingerprint density at radius 3 is 2.50 bits per heavy atom. The Labute approximate surface area is 93.0 Å². The number of benzene rings is 1. The number of hydrogen-bond acceptors (Lipinski definition) is 1. The lowest BCUT2D eigenvalue weighted by Gasteiger charge is -2.14. The standard InChI is InChI=1S/C12H14F3N/c1-8(2)16-7-10-5-4-6-11(9(10)3)12(13,14)15/h4-6,16H,1,7H2,2-3H3. The van der Waals surface area contributed by atoms with E-state index in [4.69, 9.17) is 0 Å². The molecule has 16 heavy (non-hydrogen) atoms. The smallest absolute Gasteiger partial charge is 0.385 e. The molecule has 0 aliphatic rings. The average Bonchev–Trinajstić information content (AvgIpc) is 2.14. The van der Waals surface area contributed by atoms with Crippen LogP contribution in [-0.4, -0.2) is 0 Å². The number of hydrogen-bond donors (Lipinski definition) is 1. The fourth-order valence-electron chi connectivity index (χ4n) is 1.43. The second-order valence-corrected chi connectivity index (χ2v) is 3.72. The minimum Gasteiger partial charge on any atom is -0.385 e. The van der Waals surface area contributed by atoms with Crippen LogP contribution >= 0.6 is 0 Å². The molecule has 0 spiro atoms. The van der Waals surface area contributed by atoms with E-state index in [-0.39, 0.29) is 5.56 Å². The lowest BCUT2D eigenvalue weighted by Crippen LogP contribution is -2.14. The molecular formula is C12H14F3N. The summed E-state index contributed by atoms with van der Waals surface area (Å²) in [5, 5.41) is 2.92. The molecule has 0 atom stereocenters. The summed E-state index contributed by atoms with van der Waals surface area (Å²) in [4.78, 5) is 0. The molecule has 1 nitrogen and oxygen atoms in total. The van der Waals surface area contributed by atoms with Crippen molar-refractivity contribution < 1.29 is 13.2 Å². The summed E-state index contributed by atoms with van der Waals surface area (Å²) in [5.74, 6) is 0. The van der Waals surface area contributed by atoms with Crippen molar-refractivity contribution in [3.8, 4) is 0 Å². The third kappa shape index (κ3) is 3.02. The number of alkyl halides is 3. The van der Waals surface area contributed by atoms with Crippen molar-refractivity contribution in [3.05, 3.63) is 47.2 Å². The van der Waals surface area contributed by atoms with Gasteiger partial charge in [0.25, 0.3) is 0 Å². The lowest BCUT2D eigenvalue weighted by atomic mass is 10.0. The monoisotopic (exact) mass is 229 g/mol. The molecule has 0 amide bonds. The SMILES string of the molecule is C=C(C)NCc1cccc(C(F)(F)F)c1C. The van der Waals surface area contributed by atoms with E-state index in [1.54, 1.807) is 13.0 Å². The summed E-state index contributed by atoms with van der Waals surface area (Å²) in [6.45, 7) is 7.26. The van der Waals surface area contributed by atoms with Crippen LogP contribution in [0.25, 0.3) is 0 Å². The molecule has 1 rings (SSSR count). The van der Waals surface area contributed by atoms with Gasteiger partial charge in [0.2, 0.25) is 0 Å². The van der Waals surface area contributed by atoms with Gasteiger partial charge in [0.05, 0.1) is 5.56 Å². The topological polar surface area (TPSA) is 12.0 Å². The molecule has 1 N–H and O–H groups in total. The minimum absolute atomic E-state index is 0.267. The third-order valence-electron chi connectivity index (χ3n) is 2.33. The molecule has 1 aromatic carbocycles.